The van der Waals surface area contributed by atoms with Crippen LogP contribution in [0.2, 0.25) is 0 Å². The van der Waals surface area contributed by atoms with E-state index in [0.717, 1.165) is 22.6 Å². The highest BCUT2D eigenvalue weighted by atomic mass is 32.2. The van der Waals surface area contributed by atoms with E-state index in [4.69, 9.17) is 0 Å². The molecule has 0 spiro atoms. The van der Waals surface area contributed by atoms with Gasteiger partial charge in [-0.25, -0.2) is 0 Å². The zero-order valence-corrected chi connectivity index (χ0v) is 14.9. The van der Waals surface area contributed by atoms with Crippen LogP contribution in [0.15, 0.2) is 29.4 Å². The number of carbonyl (C=O) groups excluding carboxylic acids is 1. The topological polar surface area (TPSA) is 76.5 Å². The molecule has 7 heteroatoms. The first-order valence-corrected chi connectivity index (χ1v) is 8.62. The van der Waals surface area contributed by atoms with E-state index in [9.17, 15) is 4.79 Å². The quantitative estimate of drug-likeness (QED) is 0.570. The van der Waals surface area contributed by atoms with E-state index in [-0.39, 0.29) is 5.78 Å². The molecule has 0 saturated heterocycles. The van der Waals surface area contributed by atoms with Crippen molar-refractivity contribution in [3.05, 3.63) is 52.3 Å². The van der Waals surface area contributed by atoms with Gasteiger partial charge in [0.1, 0.15) is 0 Å². The number of rotatable bonds is 5. The molecular weight excluding hydrogens is 322 g/mol. The molecule has 0 aliphatic heterocycles. The number of ketones is 1. The third-order valence-corrected chi connectivity index (χ3v) is 4.88. The Morgan fingerprint density at radius 3 is 2.62 bits per heavy atom. The highest BCUT2D eigenvalue weighted by molar-refractivity contribution is 7.99. The summed E-state index contributed by atoms with van der Waals surface area (Å²) in [6.45, 7) is 7.96. The van der Waals surface area contributed by atoms with Crippen molar-refractivity contribution in [2.45, 2.75) is 32.9 Å². The summed E-state index contributed by atoms with van der Waals surface area (Å²) in [4.78, 5) is 15.6. The minimum absolute atomic E-state index is 0.0662. The second-order valence-electron chi connectivity index (χ2n) is 5.84. The first-order valence-electron chi connectivity index (χ1n) is 7.64. The molecule has 1 N–H and O–H groups in total. The normalized spacial score (nSPS) is 11.0. The summed E-state index contributed by atoms with van der Waals surface area (Å²) in [5.41, 5.74) is 5.90. The molecule has 0 fully saturated rings. The second kappa shape index (κ2) is 6.60. The van der Waals surface area contributed by atoms with E-state index in [2.05, 4.69) is 34.4 Å². The first-order chi connectivity index (χ1) is 11.5. The van der Waals surface area contributed by atoms with Gasteiger partial charge >= 0.3 is 0 Å². The minimum Gasteiger partial charge on any atom is -0.362 e. The van der Waals surface area contributed by atoms with E-state index in [0.29, 0.717) is 10.9 Å². The number of aryl methyl sites for hydroxylation is 4. The minimum atomic E-state index is 0.0662. The van der Waals surface area contributed by atoms with Crippen molar-refractivity contribution in [2.75, 3.05) is 5.75 Å². The number of nitrogens with zero attached hydrogens (tertiary/aromatic N) is 4. The van der Waals surface area contributed by atoms with Gasteiger partial charge in [-0.1, -0.05) is 17.8 Å². The lowest BCUT2D eigenvalue weighted by atomic mass is 10.1. The van der Waals surface area contributed by atoms with Gasteiger partial charge < -0.3 is 4.98 Å². The molecule has 2 heterocycles. The lowest BCUT2D eigenvalue weighted by Gasteiger charge is -2.06. The van der Waals surface area contributed by atoms with Crippen LogP contribution >= 0.6 is 11.8 Å². The lowest BCUT2D eigenvalue weighted by molar-refractivity contribution is 0.102. The molecule has 0 aliphatic carbocycles. The summed E-state index contributed by atoms with van der Waals surface area (Å²) in [5.74, 6) is 0.361. The van der Waals surface area contributed by atoms with Crippen LogP contribution in [0.3, 0.4) is 0 Å². The lowest BCUT2D eigenvalue weighted by Crippen LogP contribution is -2.05. The fraction of sp³-hybridized carbons (Fsp3) is 0.294. The van der Waals surface area contributed by atoms with Gasteiger partial charge in [0.2, 0.25) is 5.16 Å². The number of hydrogen-bond acceptors (Lipinski definition) is 5. The molecular formula is C17H19N5OS. The van der Waals surface area contributed by atoms with E-state index < -0.39 is 0 Å². The number of Topliss-reactive ketones (excluding diaryl/α,β-unsaturated/α-hetero) is 1. The van der Waals surface area contributed by atoms with Crippen LogP contribution in [0.4, 0.5) is 0 Å². The maximum atomic E-state index is 12.4. The van der Waals surface area contributed by atoms with Crippen molar-refractivity contribution >= 4 is 17.5 Å². The third kappa shape index (κ3) is 3.26. The molecule has 0 aliphatic rings. The van der Waals surface area contributed by atoms with Crippen LogP contribution in [0.5, 0.6) is 0 Å². The average molecular weight is 341 g/mol. The highest BCUT2D eigenvalue weighted by Gasteiger charge is 2.15. The number of H-pyrrole nitrogens is 1. The molecule has 0 unspecified atom stereocenters. The number of carbonyl (C=O) groups is 1. The molecule has 2 aromatic heterocycles. The van der Waals surface area contributed by atoms with Crippen LogP contribution in [-0.4, -0.2) is 36.7 Å². The molecule has 3 rings (SSSR count). The van der Waals surface area contributed by atoms with Gasteiger partial charge in [-0.2, -0.15) is 4.68 Å². The number of benzene rings is 1. The van der Waals surface area contributed by atoms with E-state index in [1.165, 1.54) is 22.9 Å². The second-order valence-corrected chi connectivity index (χ2v) is 6.79. The number of aromatic amines is 1. The van der Waals surface area contributed by atoms with Crippen molar-refractivity contribution in [2.24, 2.45) is 0 Å². The highest BCUT2D eigenvalue weighted by Crippen LogP contribution is 2.22. The maximum Gasteiger partial charge on any atom is 0.214 e. The first kappa shape index (κ1) is 16.4. The van der Waals surface area contributed by atoms with Crippen LogP contribution in [0.25, 0.3) is 5.69 Å². The summed E-state index contributed by atoms with van der Waals surface area (Å²) in [7, 11) is 0. The summed E-state index contributed by atoms with van der Waals surface area (Å²) in [5, 5.41) is 12.4. The summed E-state index contributed by atoms with van der Waals surface area (Å²) in [6, 6.07) is 7.93. The Hall–Kier alpha value is -2.41. The average Bonchev–Trinajstić information content (AvgIpc) is 3.14. The fourth-order valence-corrected chi connectivity index (χ4v) is 3.28. The number of aromatic nitrogens is 5. The summed E-state index contributed by atoms with van der Waals surface area (Å²) in [6.07, 6.45) is 0. The van der Waals surface area contributed by atoms with Gasteiger partial charge in [-0.3, -0.25) is 4.79 Å². The molecule has 0 radical (unpaired) electrons. The number of nitrogens with one attached hydrogen (secondary N) is 1. The molecule has 124 valence electrons. The van der Waals surface area contributed by atoms with E-state index in [1.54, 1.807) is 4.68 Å². The Kier molecular flexibility index (Phi) is 4.53. The Labute approximate surface area is 144 Å². The Bertz CT molecular complexity index is 896. The van der Waals surface area contributed by atoms with Gasteiger partial charge in [0.05, 0.1) is 11.4 Å². The molecule has 0 saturated carbocycles. The molecule has 0 atom stereocenters. The third-order valence-electron chi connectivity index (χ3n) is 3.96. The van der Waals surface area contributed by atoms with Crippen molar-refractivity contribution in [3.63, 3.8) is 0 Å². The fourth-order valence-electron chi connectivity index (χ4n) is 2.51. The molecule has 3 aromatic rings. The molecule has 1 aromatic carbocycles. The Morgan fingerprint density at radius 1 is 1.17 bits per heavy atom. The maximum absolute atomic E-state index is 12.4. The molecule has 0 amide bonds. The van der Waals surface area contributed by atoms with E-state index in [1.807, 2.05) is 38.1 Å². The number of tetrazole rings is 1. The van der Waals surface area contributed by atoms with Crippen molar-refractivity contribution < 1.29 is 4.79 Å². The van der Waals surface area contributed by atoms with Gasteiger partial charge in [0.15, 0.2) is 5.78 Å². The largest absolute Gasteiger partial charge is 0.362 e. The summed E-state index contributed by atoms with van der Waals surface area (Å²) < 4.78 is 1.67. The van der Waals surface area contributed by atoms with Gasteiger partial charge in [-0.05, 0) is 67.4 Å². The summed E-state index contributed by atoms with van der Waals surface area (Å²) >= 11 is 1.34. The van der Waals surface area contributed by atoms with Crippen LogP contribution in [-0.2, 0) is 0 Å². The van der Waals surface area contributed by atoms with Crippen molar-refractivity contribution in [1.82, 2.24) is 25.2 Å². The predicted molar refractivity (Wildman–Crippen MR) is 93.9 cm³/mol. The number of hydrogen-bond donors (Lipinski definition) is 1. The van der Waals surface area contributed by atoms with Gasteiger partial charge in [0.25, 0.3) is 0 Å². The smallest absolute Gasteiger partial charge is 0.214 e. The zero-order valence-electron chi connectivity index (χ0n) is 14.1. The predicted octanol–water partition coefficient (Wildman–Crippen LogP) is 3.20. The van der Waals surface area contributed by atoms with Crippen molar-refractivity contribution in [1.29, 1.82) is 0 Å². The zero-order chi connectivity index (χ0) is 17.3. The Morgan fingerprint density at radius 2 is 1.96 bits per heavy atom. The molecule has 0 bridgehead atoms. The van der Waals surface area contributed by atoms with Crippen LogP contribution in [0, 0.1) is 27.7 Å². The van der Waals surface area contributed by atoms with Gasteiger partial charge in [-0.15, -0.1) is 5.10 Å². The van der Waals surface area contributed by atoms with Crippen LogP contribution < -0.4 is 0 Å². The number of thioether (sulfide) groups is 1. The molecule has 6 nitrogen and oxygen atoms in total. The molecule has 24 heavy (non-hydrogen) atoms. The monoisotopic (exact) mass is 341 g/mol. The van der Waals surface area contributed by atoms with Crippen LogP contribution in [0.1, 0.15) is 32.9 Å². The standard InChI is InChI=1S/C17H19N5OS/c1-10-5-6-14(7-11(10)2)22-17(19-20-21-22)24-9-16(23)15-8-12(3)18-13(15)4/h5-8,18H,9H2,1-4H3. The van der Waals surface area contributed by atoms with E-state index >= 15 is 0 Å². The van der Waals surface area contributed by atoms with Crippen molar-refractivity contribution in [3.8, 4) is 5.69 Å². The SMILES string of the molecule is Cc1cc(C(=O)CSc2nnnn2-c2ccc(C)c(C)c2)c(C)[nH]1. The van der Waals surface area contributed by atoms with Gasteiger partial charge in [0, 0.05) is 17.0 Å². The Balaban J connectivity index is 1.77.